The minimum atomic E-state index is -0.854. The Morgan fingerprint density at radius 2 is 0.825 bits per heavy atom. The molecule has 0 saturated carbocycles. The van der Waals surface area contributed by atoms with Crippen molar-refractivity contribution in [1.29, 1.82) is 0 Å². The lowest BCUT2D eigenvalue weighted by Crippen LogP contribution is -2.45. The van der Waals surface area contributed by atoms with Crippen LogP contribution < -0.4 is 5.32 Å². The lowest BCUT2D eigenvalue weighted by atomic mass is 10.0. The number of ether oxygens (including phenoxy) is 1. The standard InChI is InChI=1S/C51H97NO5/c1-3-5-7-9-11-13-15-17-18-20-23-27-31-35-39-43-49(54)48(47-53)52-50(55)44-40-36-32-28-24-21-22-26-30-34-38-42-46-57-51(56)45-41-37-33-29-25-19-16-14-12-10-8-6-4-2/h14,16,39,43,48-49,53-54H,3-13,15,17-38,40-42,44-47H2,1-2H3,(H,52,55)/b16-14-,43-39+. The molecule has 0 radical (unpaired) electrons. The smallest absolute Gasteiger partial charge is 0.305 e. The molecule has 1 amide bonds. The summed E-state index contributed by atoms with van der Waals surface area (Å²) >= 11 is 0. The fourth-order valence-corrected chi connectivity index (χ4v) is 7.57. The van der Waals surface area contributed by atoms with E-state index in [1.807, 2.05) is 6.08 Å². The summed E-state index contributed by atoms with van der Waals surface area (Å²) in [7, 11) is 0. The number of allylic oxidation sites excluding steroid dienone is 3. The molecule has 57 heavy (non-hydrogen) atoms. The molecule has 0 bridgehead atoms. The Hall–Kier alpha value is -1.66. The van der Waals surface area contributed by atoms with Crippen molar-refractivity contribution in [2.75, 3.05) is 13.2 Å². The zero-order valence-electron chi connectivity index (χ0n) is 38.1. The van der Waals surface area contributed by atoms with E-state index >= 15 is 0 Å². The lowest BCUT2D eigenvalue weighted by Gasteiger charge is -2.20. The Morgan fingerprint density at radius 3 is 1.26 bits per heavy atom. The van der Waals surface area contributed by atoms with Gasteiger partial charge in [-0.15, -0.1) is 0 Å². The number of carbonyl (C=O) groups excluding carboxylic acids is 2. The number of rotatable bonds is 46. The molecule has 3 N–H and O–H groups in total. The van der Waals surface area contributed by atoms with Crippen LogP contribution in [0, 0.1) is 0 Å². The van der Waals surface area contributed by atoms with Gasteiger partial charge >= 0.3 is 5.97 Å². The molecular formula is C51H97NO5. The topological polar surface area (TPSA) is 95.9 Å². The zero-order valence-corrected chi connectivity index (χ0v) is 38.1. The van der Waals surface area contributed by atoms with E-state index in [-0.39, 0.29) is 18.5 Å². The van der Waals surface area contributed by atoms with Crippen LogP contribution in [0.1, 0.15) is 264 Å². The van der Waals surface area contributed by atoms with Crippen LogP contribution >= 0.6 is 0 Å². The van der Waals surface area contributed by atoms with E-state index < -0.39 is 12.1 Å². The van der Waals surface area contributed by atoms with Crippen molar-refractivity contribution in [1.82, 2.24) is 5.32 Å². The lowest BCUT2D eigenvalue weighted by molar-refractivity contribution is -0.143. The third kappa shape index (κ3) is 43.7. The second kappa shape index (κ2) is 47.0. The molecular weight excluding hydrogens is 707 g/mol. The Kier molecular flexibility index (Phi) is 45.7. The van der Waals surface area contributed by atoms with E-state index in [1.165, 1.54) is 180 Å². The Bertz CT molecular complexity index is 889. The van der Waals surface area contributed by atoms with Crippen LogP contribution in [0.15, 0.2) is 24.3 Å². The Labute approximate surface area is 354 Å². The summed E-state index contributed by atoms with van der Waals surface area (Å²) < 4.78 is 5.44. The first kappa shape index (κ1) is 55.3. The SMILES string of the molecule is CCCCCC/C=C\CCCCCCCC(=O)OCCCCCCCCCCCCCCC(=O)NC(CO)C(O)/C=C/CCCCCCCCCCCCCCC. The van der Waals surface area contributed by atoms with Crippen molar-refractivity contribution < 1.29 is 24.5 Å². The van der Waals surface area contributed by atoms with Crippen LogP contribution in [-0.2, 0) is 14.3 Å². The van der Waals surface area contributed by atoms with Crippen LogP contribution in [0.2, 0.25) is 0 Å². The maximum absolute atomic E-state index is 12.4. The van der Waals surface area contributed by atoms with Gasteiger partial charge in [0.15, 0.2) is 0 Å². The molecule has 6 heteroatoms. The highest BCUT2D eigenvalue weighted by Gasteiger charge is 2.18. The van der Waals surface area contributed by atoms with Gasteiger partial charge in [0.05, 0.1) is 25.4 Å². The second-order valence-electron chi connectivity index (χ2n) is 17.1. The molecule has 2 unspecified atom stereocenters. The molecule has 0 spiro atoms. The van der Waals surface area contributed by atoms with E-state index in [1.54, 1.807) is 6.08 Å². The largest absolute Gasteiger partial charge is 0.466 e. The van der Waals surface area contributed by atoms with Crippen LogP contribution in [-0.4, -0.2) is 47.4 Å². The summed E-state index contributed by atoms with van der Waals surface area (Å²) in [4.78, 5) is 24.4. The highest BCUT2D eigenvalue weighted by Crippen LogP contribution is 2.15. The van der Waals surface area contributed by atoms with Gasteiger partial charge in [0.2, 0.25) is 5.91 Å². The molecule has 0 rings (SSSR count). The Balaban J connectivity index is 3.51. The van der Waals surface area contributed by atoms with Gasteiger partial charge in [0.25, 0.3) is 0 Å². The first-order valence-corrected chi connectivity index (χ1v) is 25.1. The van der Waals surface area contributed by atoms with E-state index in [4.69, 9.17) is 4.74 Å². The number of aliphatic hydroxyl groups is 2. The summed E-state index contributed by atoms with van der Waals surface area (Å²) in [5.74, 6) is -0.104. The van der Waals surface area contributed by atoms with Crippen LogP contribution in [0.25, 0.3) is 0 Å². The highest BCUT2D eigenvalue weighted by atomic mass is 16.5. The predicted octanol–water partition coefficient (Wildman–Crippen LogP) is 14.7. The van der Waals surface area contributed by atoms with Gasteiger partial charge in [-0.2, -0.15) is 0 Å². The maximum atomic E-state index is 12.4. The van der Waals surface area contributed by atoms with Crippen molar-refractivity contribution in [2.45, 2.75) is 276 Å². The molecule has 0 saturated heterocycles. The first-order chi connectivity index (χ1) is 28.0. The molecule has 2 atom stereocenters. The molecule has 0 aliphatic heterocycles. The average Bonchev–Trinajstić information content (AvgIpc) is 3.21. The summed E-state index contributed by atoms with van der Waals surface area (Å²) in [5, 5.41) is 23.0. The molecule has 0 aliphatic rings. The summed E-state index contributed by atoms with van der Waals surface area (Å²) in [6.45, 7) is 4.85. The van der Waals surface area contributed by atoms with Crippen molar-refractivity contribution in [2.24, 2.45) is 0 Å². The van der Waals surface area contributed by atoms with Gasteiger partial charge in [-0.1, -0.05) is 218 Å². The summed E-state index contributed by atoms with van der Waals surface area (Å²) in [6, 6.07) is -0.639. The molecule has 0 aliphatic carbocycles. The minimum Gasteiger partial charge on any atom is -0.466 e. The number of hydrogen-bond donors (Lipinski definition) is 3. The van der Waals surface area contributed by atoms with Gasteiger partial charge < -0.3 is 20.3 Å². The molecule has 0 aromatic heterocycles. The minimum absolute atomic E-state index is 0.0204. The van der Waals surface area contributed by atoms with Crippen LogP contribution in [0.5, 0.6) is 0 Å². The molecule has 0 aromatic rings. The van der Waals surface area contributed by atoms with E-state index in [9.17, 15) is 19.8 Å². The third-order valence-corrected chi connectivity index (χ3v) is 11.5. The highest BCUT2D eigenvalue weighted by molar-refractivity contribution is 5.76. The zero-order chi connectivity index (χ0) is 41.5. The fourth-order valence-electron chi connectivity index (χ4n) is 7.57. The normalized spacial score (nSPS) is 12.8. The number of amides is 1. The van der Waals surface area contributed by atoms with E-state index in [2.05, 4.69) is 31.3 Å². The Morgan fingerprint density at radius 1 is 0.474 bits per heavy atom. The molecule has 6 nitrogen and oxygen atoms in total. The molecule has 0 heterocycles. The number of unbranched alkanes of at least 4 members (excludes halogenated alkanes) is 33. The third-order valence-electron chi connectivity index (χ3n) is 11.5. The van der Waals surface area contributed by atoms with Crippen molar-refractivity contribution in [3.05, 3.63) is 24.3 Å². The van der Waals surface area contributed by atoms with E-state index in [0.717, 1.165) is 57.8 Å². The average molecular weight is 804 g/mol. The number of carbonyl (C=O) groups is 2. The number of hydrogen-bond acceptors (Lipinski definition) is 5. The molecule has 0 aromatic carbocycles. The number of nitrogens with one attached hydrogen (secondary N) is 1. The number of esters is 1. The van der Waals surface area contributed by atoms with Crippen LogP contribution in [0.4, 0.5) is 0 Å². The van der Waals surface area contributed by atoms with E-state index in [0.29, 0.717) is 19.4 Å². The first-order valence-electron chi connectivity index (χ1n) is 25.1. The van der Waals surface area contributed by atoms with Gasteiger partial charge in [-0.05, 0) is 57.8 Å². The van der Waals surface area contributed by atoms with Crippen molar-refractivity contribution in [3.8, 4) is 0 Å². The summed E-state index contributed by atoms with van der Waals surface area (Å²) in [6.07, 6.45) is 54.5. The summed E-state index contributed by atoms with van der Waals surface area (Å²) in [5.41, 5.74) is 0. The molecule has 336 valence electrons. The van der Waals surface area contributed by atoms with Gasteiger partial charge in [0.1, 0.15) is 0 Å². The quantitative estimate of drug-likeness (QED) is 0.0324. The molecule has 0 fully saturated rings. The maximum Gasteiger partial charge on any atom is 0.305 e. The monoisotopic (exact) mass is 804 g/mol. The van der Waals surface area contributed by atoms with Gasteiger partial charge in [0, 0.05) is 12.8 Å². The van der Waals surface area contributed by atoms with Gasteiger partial charge in [-0.3, -0.25) is 9.59 Å². The van der Waals surface area contributed by atoms with Crippen molar-refractivity contribution in [3.63, 3.8) is 0 Å². The number of aliphatic hydroxyl groups excluding tert-OH is 2. The second-order valence-corrected chi connectivity index (χ2v) is 17.1. The van der Waals surface area contributed by atoms with Crippen LogP contribution in [0.3, 0.4) is 0 Å². The van der Waals surface area contributed by atoms with Crippen molar-refractivity contribution >= 4 is 11.9 Å². The predicted molar refractivity (Wildman–Crippen MR) is 246 cm³/mol. The fraction of sp³-hybridized carbons (Fsp3) is 0.882. The van der Waals surface area contributed by atoms with Gasteiger partial charge in [-0.25, -0.2) is 0 Å².